The Morgan fingerprint density at radius 3 is 2.21 bits per heavy atom. The summed E-state index contributed by atoms with van der Waals surface area (Å²) in [7, 11) is 0. The molecule has 0 saturated heterocycles. The van der Waals surface area contributed by atoms with Gasteiger partial charge in [0.1, 0.15) is 5.76 Å². The van der Waals surface area contributed by atoms with Gasteiger partial charge >= 0.3 is 0 Å². The van der Waals surface area contributed by atoms with Crippen LogP contribution in [-0.4, -0.2) is 9.66 Å². The number of benzene rings is 1. The number of hydrogen-bond donors (Lipinski definition) is 0. The first kappa shape index (κ1) is 13.1. The average molecular weight is 262 g/mol. The van der Waals surface area contributed by atoms with Crippen LogP contribution in [0.4, 0.5) is 5.69 Å². The number of rotatable bonds is 2. The Balaban J connectivity index is 2.45. The van der Waals surface area contributed by atoms with Crippen molar-refractivity contribution in [3.05, 3.63) is 56.6 Å². The standard InChI is InChI=1S/C13H14N2O4/c1-13(2,3)11-8-12(16)14(19-11)9-4-6-10(7-5-9)15(17)18/h4-8H,1-3H3. The van der Waals surface area contributed by atoms with Gasteiger partial charge < -0.3 is 4.52 Å². The summed E-state index contributed by atoms with van der Waals surface area (Å²) in [5.74, 6) is 0.566. The molecule has 2 rings (SSSR count). The normalized spacial score (nSPS) is 11.5. The maximum Gasteiger partial charge on any atom is 0.287 e. The van der Waals surface area contributed by atoms with Crippen LogP contribution in [0.5, 0.6) is 0 Å². The lowest BCUT2D eigenvalue weighted by molar-refractivity contribution is -0.384. The van der Waals surface area contributed by atoms with Crippen molar-refractivity contribution in [1.29, 1.82) is 0 Å². The van der Waals surface area contributed by atoms with Crippen LogP contribution in [-0.2, 0) is 5.41 Å². The van der Waals surface area contributed by atoms with E-state index in [1.807, 2.05) is 20.8 Å². The van der Waals surface area contributed by atoms with Crippen LogP contribution >= 0.6 is 0 Å². The van der Waals surface area contributed by atoms with E-state index in [9.17, 15) is 14.9 Å². The quantitative estimate of drug-likeness (QED) is 0.615. The number of aromatic nitrogens is 1. The molecule has 0 fully saturated rings. The van der Waals surface area contributed by atoms with Crippen molar-refractivity contribution < 1.29 is 9.45 Å². The molecule has 0 aliphatic carbocycles. The van der Waals surface area contributed by atoms with Crippen molar-refractivity contribution in [3.8, 4) is 5.69 Å². The predicted molar refractivity (Wildman–Crippen MR) is 69.7 cm³/mol. The molecule has 0 amide bonds. The molecule has 2 aromatic rings. The average Bonchev–Trinajstić information content (AvgIpc) is 2.71. The summed E-state index contributed by atoms with van der Waals surface area (Å²) < 4.78 is 6.63. The Labute approximate surface area is 109 Å². The van der Waals surface area contributed by atoms with Crippen LogP contribution < -0.4 is 5.56 Å². The second-order valence-corrected chi connectivity index (χ2v) is 5.26. The summed E-state index contributed by atoms with van der Waals surface area (Å²) >= 11 is 0. The Morgan fingerprint density at radius 2 is 1.79 bits per heavy atom. The summed E-state index contributed by atoms with van der Waals surface area (Å²) in [6.07, 6.45) is 0. The van der Waals surface area contributed by atoms with Gasteiger partial charge in [-0.25, -0.2) is 0 Å². The fraction of sp³-hybridized carbons (Fsp3) is 0.308. The van der Waals surface area contributed by atoms with Crippen LogP contribution in [0.3, 0.4) is 0 Å². The van der Waals surface area contributed by atoms with Gasteiger partial charge in [0.05, 0.1) is 10.6 Å². The third-order valence-electron chi connectivity index (χ3n) is 2.68. The van der Waals surface area contributed by atoms with Crippen molar-refractivity contribution in [2.45, 2.75) is 26.2 Å². The Bertz CT molecular complexity index is 659. The van der Waals surface area contributed by atoms with Gasteiger partial charge in [0.2, 0.25) is 0 Å². The van der Waals surface area contributed by atoms with Crippen LogP contribution in [0, 0.1) is 10.1 Å². The number of non-ortho nitro benzene ring substituents is 1. The summed E-state index contributed by atoms with van der Waals surface area (Å²) in [5.41, 5.74) is -0.130. The van der Waals surface area contributed by atoms with Crippen molar-refractivity contribution >= 4 is 5.69 Å². The molecule has 19 heavy (non-hydrogen) atoms. The SMILES string of the molecule is CC(C)(C)c1cc(=O)n(-c2ccc([N+](=O)[O-])cc2)o1. The van der Waals surface area contributed by atoms with E-state index < -0.39 is 4.92 Å². The Morgan fingerprint density at radius 1 is 1.21 bits per heavy atom. The van der Waals surface area contributed by atoms with Gasteiger partial charge in [-0.3, -0.25) is 14.9 Å². The van der Waals surface area contributed by atoms with E-state index in [4.69, 9.17) is 4.52 Å². The summed E-state index contributed by atoms with van der Waals surface area (Å²) in [6, 6.07) is 7.06. The maximum atomic E-state index is 11.8. The van der Waals surface area contributed by atoms with E-state index in [-0.39, 0.29) is 16.7 Å². The topological polar surface area (TPSA) is 78.3 Å². The number of nitro groups is 1. The molecule has 1 aromatic heterocycles. The molecule has 1 aromatic carbocycles. The lowest BCUT2D eigenvalue weighted by Crippen LogP contribution is -2.10. The van der Waals surface area contributed by atoms with Crippen LogP contribution in [0.25, 0.3) is 5.69 Å². The number of hydrogen-bond acceptors (Lipinski definition) is 4. The van der Waals surface area contributed by atoms with Crippen LogP contribution in [0.15, 0.2) is 39.6 Å². The second-order valence-electron chi connectivity index (χ2n) is 5.26. The third-order valence-corrected chi connectivity index (χ3v) is 2.68. The van der Waals surface area contributed by atoms with Gasteiger partial charge in [-0.15, -0.1) is 4.74 Å². The van der Waals surface area contributed by atoms with Crippen molar-refractivity contribution in [2.75, 3.05) is 0 Å². The zero-order valence-corrected chi connectivity index (χ0v) is 10.9. The summed E-state index contributed by atoms with van der Waals surface area (Å²) in [4.78, 5) is 21.9. The van der Waals surface area contributed by atoms with Crippen molar-refractivity contribution in [3.63, 3.8) is 0 Å². The van der Waals surface area contributed by atoms with Gasteiger partial charge in [0, 0.05) is 23.6 Å². The van der Waals surface area contributed by atoms with Gasteiger partial charge in [0.25, 0.3) is 11.2 Å². The highest BCUT2D eigenvalue weighted by Gasteiger charge is 2.21. The monoisotopic (exact) mass is 262 g/mol. The zero-order chi connectivity index (χ0) is 14.2. The predicted octanol–water partition coefficient (Wildman–Crippen LogP) is 2.64. The minimum Gasteiger partial charge on any atom is -0.375 e. The molecule has 0 N–H and O–H groups in total. The minimum atomic E-state index is -0.491. The van der Waals surface area contributed by atoms with Crippen LogP contribution in [0.1, 0.15) is 26.5 Å². The molecule has 6 heteroatoms. The van der Waals surface area contributed by atoms with Gasteiger partial charge in [-0.2, -0.15) is 0 Å². The van der Waals surface area contributed by atoms with Gasteiger partial charge in [-0.1, -0.05) is 20.8 Å². The maximum absolute atomic E-state index is 11.8. The van der Waals surface area contributed by atoms with E-state index >= 15 is 0 Å². The molecule has 1 heterocycles. The molecule has 0 saturated carbocycles. The highest BCUT2D eigenvalue weighted by molar-refractivity contribution is 5.40. The van der Waals surface area contributed by atoms with E-state index in [1.54, 1.807) is 0 Å². The minimum absolute atomic E-state index is 0.0283. The Hall–Kier alpha value is -2.37. The first-order valence-electron chi connectivity index (χ1n) is 5.78. The molecular weight excluding hydrogens is 248 g/mol. The van der Waals surface area contributed by atoms with Gasteiger partial charge in [-0.05, 0) is 12.1 Å². The molecule has 100 valence electrons. The number of nitro benzene ring substituents is 1. The molecule has 6 nitrogen and oxygen atoms in total. The third kappa shape index (κ3) is 2.57. The fourth-order valence-corrected chi connectivity index (χ4v) is 1.58. The summed E-state index contributed by atoms with van der Waals surface area (Å²) in [6.45, 7) is 5.81. The smallest absolute Gasteiger partial charge is 0.287 e. The van der Waals surface area contributed by atoms with E-state index in [2.05, 4.69) is 0 Å². The summed E-state index contributed by atoms with van der Waals surface area (Å²) in [5, 5.41) is 10.6. The second kappa shape index (κ2) is 4.38. The van der Waals surface area contributed by atoms with Crippen molar-refractivity contribution in [1.82, 2.24) is 4.74 Å². The highest BCUT2D eigenvalue weighted by Crippen LogP contribution is 2.22. The lowest BCUT2D eigenvalue weighted by atomic mass is 9.94. The first-order chi connectivity index (χ1) is 8.79. The molecule has 0 spiro atoms. The fourth-order valence-electron chi connectivity index (χ4n) is 1.58. The van der Waals surface area contributed by atoms with E-state index in [0.29, 0.717) is 11.4 Å². The largest absolute Gasteiger partial charge is 0.375 e. The Kier molecular flexibility index (Phi) is 3.01. The van der Waals surface area contributed by atoms with E-state index in [1.165, 1.54) is 30.3 Å². The van der Waals surface area contributed by atoms with Gasteiger partial charge in [0.15, 0.2) is 0 Å². The molecule has 0 radical (unpaired) electrons. The highest BCUT2D eigenvalue weighted by atomic mass is 16.6. The zero-order valence-electron chi connectivity index (χ0n) is 10.9. The molecule has 0 aliphatic rings. The molecule has 0 unspecified atom stereocenters. The van der Waals surface area contributed by atoms with Crippen molar-refractivity contribution in [2.24, 2.45) is 0 Å². The van der Waals surface area contributed by atoms with E-state index in [0.717, 1.165) is 4.74 Å². The molecule has 0 aliphatic heterocycles. The number of nitrogens with zero attached hydrogens (tertiary/aromatic N) is 2. The molecule has 0 atom stereocenters. The first-order valence-corrected chi connectivity index (χ1v) is 5.78. The van der Waals surface area contributed by atoms with Crippen LogP contribution in [0.2, 0.25) is 0 Å². The molecule has 0 bridgehead atoms. The molecular formula is C13H14N2O4. The lowest BCUT2D eigenvalue weighted by Gasteiger charge is -2.13.